The van der Waals surface area contributed by atoms with Crippen molar-refractivity contribution in [3.8, 4) is 0 Å². The first-order valence-electron chi connectivity index (χ1n) is 6.59. The molecule has 2 aromatic rings. The van der Waals surface area contributed by atoms with E-state index < -0.39 is 5.97 Å². The topological polar surface area (TPSA) is 79.3 Å². The molecule has 1 aromatic heterocycles. The number of aromatic carboxylic acids is 1. The van der Waals surface area contributed by atoms with E-state index in [2.05, 4.69) is 10.3 Å². The van der Waals surface area contributed by atoms with Crippen molar-refractivity contribution in [3.63, 3.8) is 0 Å². The Labute approximate surface area is 122 Å². The van der Waals surface area contributed by atoms with Crippen LogP contribution in [0.15, 0.2) is 42.7 Å². The molecule has 0 saturated carbocycles. The minimum atomic E-state index is -1.05. The quantitative estimate of drug-likeness (QED) is 0.884. The summed E-state index contributed by atoms with van der Waals surface area (Å²) in [5.74, 6) is -1.27. The molecule has 108 valence electrons. The summed E-state index contributed by atoms with van der Waals surface area (Å²) in [6, 6.07) is 8.63. The number of carboxylic acids is 1. The van der Waals surface area contributed by atoms with E-state index in [1.165, 1.54) is 0 Å². The largest absolute Gasteiger partial charge is 0.478 e. The predicted octanol–water partition coefficient (Wildman–Crippen LogP) is 2.66. The van der Waals surface area contributed by atoms with Crippen LogP contribution in [-0.4, -0.2) is 22.0 Å². The van der Waals surface area contributed by atoms with Crippen LogP contribution >= 0.6 is 0 Å². The lowest BCUT2D eigenvalue weighted by Gasteiger charge is -2.09. The molecule has 0 unspecified atom stereocenters. The van der Waals surface area contributed by atoms with Crippen molar-refractivity contribution in [2.24, 2.45) is 0 Å². The van der Waals surface area contributed by atoms with Crippen LogP contribution in [0.25, 0.3) is 0 Å². The van der Waals surface area contributed by atoms with Crippen molar-refractivity contribution < 1.29 is 14.7 Å². The fourth-order valence-corrected chi connectivity index (χ4v) is 1.96. The number of rotatable bonds is 5. The molecule has 0 spiro atoms. The van der Waals surface area contributed by atoms with Crippen LogP contribution in [0.3, 0.4) is 0 Å². The molecule has 5 heteroatoms. The van der Waals surface area contributed by atoms with Gasteiger partial charge in [-0.25, -0.2) is 4.79 Å². The van der Waals surface area contributed by atoms with Gasteiger partial charge in [-0.15, -0.1) is 0 Å². The highest BCUT2D eigenvalue weighted by Crippen LogP contribution is 2.18. The van der Waals surface area contributed by atoms with E-state index in [0.29, 0.717) is 12.1 Å². The summed E-state index contributed by atoms with van der Waals surface area (Å²) < 4.78 is 0. The van der Waals surface area contributed by atoms with Gasteiger partial charge in [0.1, 0.15) is 0 Å². The summed E-state index contributed by atoms with van der Waals surface area (Å²) in [6.45, 7) is 1.81. The Kier molecular flexibility index (Phi) is 4.66. The van der Waals surface area contributed by atoms with Crippen molar-refractivity contribution in [3.05, 3.63) is 59.4 Å². The molecular weight excluding hydrogens is 268 g/mol. The van der Waals surface area contributed by atoms with Gasteiger partial charge < -0.3 is 10.4 Å². The van der Waals surface area contributed by atoms with Crippen molar-refractivity contribution in [1.82, 2.24) is 4.98 Å². The van der Waals surface area contributed by atoms with Crippen molar-refractivity contribution in [2.75, 3.05) is 5.32 Å². The Morgan fingerprint density at radius 3 is 2.76 bits per heavy atom. The molecule has 1 amide bonds. The molecule has 2 N–H and O–H groups in total. The van der Waals surface area contributed by atoms with E-state index in [1.54, 1.807) is 37.5 Å². The highest BCUT2D eigenvalue weighted by molar-refractivity contribution is 6.00. The van der Waals surface area contributed by atoms with Gasteiger partial charge in [0.05, 0.1) is 11.3 Å². The smallest absolute Gasteiger partial charge is 0.337 e. The molecule has 0 atom stereocenters. The Hall–Kier alpha value is -2.69. The molecule has 1 aromatic carbocycles. The van der Waals surface area contributed by atoms with Gasteiger partial charge in [-0.05, 0) is 37.1 Å². The molecule has 0 aliphatic rings. The monoisotopic (exact) mass is 284 g/mol. The van der Waals surface area contributed by atoms with E-state index in [9.17, 15) is 9.59 Å². The number of hydrogen-bond acceptors (Lipinski definition) is 3. The highest BCUT2D eigenvalue weighted by Gasteiger charge is 2.12. The van der Waals surface area contributed by atoms with Gasteiger partial charge in [0, 0.05) is 18.8 Å². The standard InChI is InChI=1S/C16H16N2O3/c1-11-4-6-14(13(9-11)16(20)21)18-15(19)7-5-12-3-2-8-17-10-12/h2-4,6,8-10H,5,7H2,1H3,(H,18,19)(H,20,21). The number of aryl methyl sites for hydroxylation is 2. The lowest BCUT2D eigenvalue weighted by atomic mass is 10.1. The van der Waals surface area contributed by atoms with Gasteiger partial charge >= 0.3 is 5.97 Å². The van der Waals surface area contributed by atoms with E-state index in [1.807, 2.05) is 12.1 Å². The van der Waals surface area contributed by atoms with E-state index in [-0.39, 0.29) is 17.9 Å². The molecule has 0 saturated heterocycles. The number of carbonyl (C=O) groups excluding carboxylic acids is 1. The van der Waals surface area contributed by atoms with E-state index in [4.69, 9.17) is 5.11 Å². The SMILES string of the molecule is Cc1ccc(NC(=O)CCc2cccnc2)c(C(=O)O)c1. The Morgan fingerprint density at radius 1 is 1.29 bits per heavy atom. The minimum Gasteiger partial charge on any atom is -0.478 e. The first kappa shape index (κ1) is 14.7. The number of nitrogens with zero attached hydrogens (tertiary/aromatic N) is 1. The predicted molar refractivity (Wildman–Crippen MR) is 79.3 cm³/mol. The number of carbonyl (C=O) groups is 2. The molecule has 0 fully saturated rings. The van der Waals surface area contributed by atoms with Crippen LogP contribution in [0, 0.1) is 6.92 Å². The average molecular weight is 284 g/mol. The maximum absolute atomic E-state index is 11.9. The lowest BCUT2D eigenvalue weighted by molar-refractivity contribution is -0.116. The fraction of sp³-hybridized carbons (Fsp3) is 0.188. The maximum atomic E-state index is 11.9. The first-order valence-corrected chi connectivity index (χ1v) is 6.59. The normalized spacial score (nSPS) is 10.1. The molecule has 0 radical (unpaired) electrons. The zero-order chi connectivity index (χ0) is 15.2. The third kappa shape index (κ3) is 4.14. The molecule has 0 aliphatic heterocycles. The van der Waals surface area contributed by atoms with Crippen LogP contribution in [-0.2, 0) is 11.2 Å². The van der Waals surface area contributed by atoms with Crippen molar-refractivity contribution in [1.29, 1.82) is 0 Å². The van der Waals surface area contributed by atoms with E-state index >= 15 is 0 Å². The summed E-state index contributed by atoms with van der Waals surface area (Å²) in [7, 11) is 0. The third-order valence-electron chi connectivity index (χ3n) is 3.04. The number of pyridine rings is 1. The number of amides is 1. The molecule has 5 nitrogen and oxygen atoms in total. The lowest BCUT2D eigenvalue weighted by Crippen LogP contribution is -2.15. The summed E-state index contributed by atoms with van der Waals surface area (Å²) in [6.07, 6.45) is 4.23. The van der Waals surface area contributed by atoms with Crippen LogP contribution < -0.4 is 5.32 Å². The Balaban J connectivity index is 2.01. The summed E-state index contributed by atoms with van der Waals surface area (Å²) in [5, 5.41) is 11.8. The second kappa shape index (κ2) is 6.65. The average Bonchev–Trinajstić information content (AvgIpc) is 2.48. The first-order chi connectivity index (χ1) is 10.1. The Bertz CT molecular complexity index is 654. The molecule has 1 heterocycles. The van der Waals surface area contributed by atoms with Gasteiger partial charge in [-0.2, -0.15) is 0 Å². The zero-order valence-corrected chi connectivity index (χ0v) is 11.7. The Morgan fingerprint density at radius 2 is 2.10 bits per heavy atom. The minimum absolute atomic E-state index is 0.102. The number of hydrogen-bond donors (Lipinski definition) is 2. The molecular formula is C16H16N2O3. The highest BCUT2D eigenvalue weighted by atomic mass is 16.4. The maximum Gasteiger partial charge on any atom is 0.337 e. The molecule has 2 rings (SSSR count). The number of aromatic nitrogens is 1. The van der Waals surface area contributed by atoms with Gasteiger partial charge in [-0.3, -0.25) is 9.78 Å². The van der Waals surface area contributed by atoms with E-state index in [0.717, 1.165) is 11.1 Å². The molecule has 0 aliphatic carbocycles. The van der Waals surface area contributed by atoms with Gasteiger partial charge in [0.25, 0.3) is 0 Å². The van der Waals surface area contributed by atoms with Gasteiger partial charge in [0.15, 0.2) is 0 Å². The number of anilines is 1. The number of benzene rings is 1. The van der Waals surface area contributed by atoms with Crippen LogP contribution in [0.5, 0.6) is 0 Å². The summed E-state index contributed by atoms with van der Waals surface area (Å²) in [5.41, 5.74) is 2.23. The van der Waals surface area contributed by atoms with Crippen LogP contribution in [0.2, 0.25) is 0 Å². The second-order valence-electron chi connectivity index (χ2n) is 4.76. The second-order valence-corrected chi connectivity index (χ2v) is 4.76. The van der Waals surface area contributed by atoms with Gasteiger partial charge in [0.2, 0.25) is 5.91 Å². The van der Waals surface area contributed by atoms with Gasteiger partial charge in [-0.1, -0.05) is 17.7 Å². The number of nitrogens with one attached hydrogen (secondary N) is 1. The summed E-state index contributed by atoms with van der Waals surface area (Å²) in [4.78, 5) is 27.1. The fourth-order valence-electron chi connectivity index (χ4n) is 1.96. The third-order valence-corrected chi connectivity index (χ3v) is 3.04. The van der Waals surface area contributed by atoms with Crippen LogP contribution in [0.1, 0.15) is 27.9 Å². The number of carboxylic acid groups (broad SMARTS) is 1. The zero-order valence-electron chi connectivity index (χ0n) is 11.7. The molecule has 0 bridgehead atoms. The van der Waals surface area contributed by atoms with Crippen molar-refractivity contribution in [2.45, 2.75) is 19.8 Å². The van der Waals surface area contributed by atoms with Crippen LogP contribution in [0.4, 0.5) is 5.69 Å². The summed E-state index contributed by atoms with van der Waals surface area (Å²) >= 11 is 0. The molecule has 21 heavy (non-hydrogen) atoms. The van der Waals surface area contributed by atoms with Crippen molar-refractivity contribution >= 4 is 17.6 Å².